The van der Waals surface area contributed by atoms with Gasteiger partial charge in [-0.25, -0.2) is 0 Å². The van der Waals surface area contributed by atoms with E-state index in [4.69, 9.17) is 4.74 Å². The number of nitrogens with one attached hydrogen (secondary N) is 2. The van der Waals surface area contributed by atoms with Crippen molar-refractivity contribution in [2.45, 2.75) is 59.6 Å². The maximum absolute atomic E-state index is 10.6. The number of anilines is 1. The zero-order chi connectivity index (χ0) is 19.9. The number of unbranched alkanes of at least 4 members (excludes halogenated alkanes) is 1. The lowest BCUT2D eigenvalue weighted by Gasteiger charge is -2.12. The minimum absolute atomic E-state index is 0.486. The molecule has 0 radical (unpaired) electrons. The van der Waals surface area contributed by atoms with Gasteiger partial charge in [0.1, 0.15) is 12.4 Å². The molecule has 148 valence electrons. The molecule has 1 amide bonds. The fraction of sp³-hybridized carbons (Fsp3) is 0.435. The van der Waals surface area contributed by atoms with E-state index in [9.17, 15) is 4.79 Å². The molecule has 2 aromatic rings. The van der Waals surface area contributed by atoms with Crippen molar-refractivity contribution >= 4 is 12.1 Å². The summed E-state index contributed by atoms with van der Waals surface area (Å²) >= 11 is 0. The Bertz CT molecular complexity index is 642. The van der Waals surface area contributed by atoms with E-state index in [1.54, 1.807) is 0 Å². The van der Waals surface area contributed by atoms with Gasteiger partial charge in [0.25, 0.3) is 0 Å². The molecule has 4 heteroatoms. The summed E-state index contributed by atoms with van der Waals surface area (Å²) < 4.78 is 5.75. The Hall–Kier alpha value is -2.33. The van der Waals surface area contributed by atoms with E-state index in [0.717, 1.165) is 17.5 Å². The first kappa shape index (κ1) is 22.7. The molecule has 0 aliphatic carbocycles. The highest BCUT2D eigenvalue weighted by Crippen LogP contribution is 2.26. The Morgan fingerprint density at radius 3 is 2.37 bits per heavy atom. The minimum atomic E-state index is 0.486. The molecule has 0 aromatic heterocycles. The predicted octanol–water partition coefficient (Wildman–Crippen LogP) is 5.18. The molecule has 0 atom stereocenters. The van der Waals surface area contributed by atoms with Crippen molar-refractivity contribution in [2.24, 2.45) is 0 Å². The van der Waals surface area contributed by atoms with Crippen LogP contribution in [0.4, 0.5) is 5.69 Å². The van der Waals surface area contributed by atoms with Crippen LogP contribution in [0.15, 0.2) is 48.5 Å². The van der Waals surface area contributed by atoms with Crippen molar-refractivity contribution in [1.29, 1.82) is 0 Å². The highest BCUT2D eigenvalue weighted by Gasteiger charge is 2.04. The van der Waals surface area contributed by atoms with Crippen LogP contribution in [-0.4, -0.2) is 19.0 Å². The molecule has 2 aromatic carbocycles. The SMILES string of the molecule is CCCCNC(C)C.CCc1ccc(OCc2ccccc2)c(NC=O)c1. The summed E-state index contributed by atoms with van der Waals surface area (Å²) in [6.07, 6.45) is 4.19. The van der Waals surface area contributed by atoms with Crippen LogP contribution in [0.5, 0.6) is 5.75 Å². The molecule has 0 heterocycles. The number of ether oxygens (including phenoxy) is 1. The van der Waals surface area contributed by atoms with Gasteiger partial charge in [0.05, 0.1) is 5.69 Å². The van der Waals surface area contributed by atoms with Gasteiger partial charge in [-0.05, 0) is 42.6 Å². The maximum Gasteiger partial charge on any atom is 0.211 e. The molecular weight excluding hydrogens is 336 g/mol. The number of carbonyl (C=O) groups excluding carboxylic acids is 1. The van der Waals surface area contributed by atoms with Gasteiger partial charge in [0.2, 0.25) is 6.41 Å². The van der Waals surface area contributed by atoms with Gasteiger partial charge >= 0.3 is 0 Å². The fourth-order valence-corrected chi connectivity index (χ4v) is 2.40. The van der Waals surface area contributed by atoms with Crippen molar-refractivity contribution in [3.8, 4) is 5.75 Å². The van der Waals surface area contributed by atoms with Crippen LogP contribution in [-0.2, 0) is 17.8 Å². The van der Waals surface area contributed by atoms with Gasteiger partial charge in [0.15, 0.2) is 0 Å². The van der Waals surface area contributed by atoms with E-state index in [2.05, 4.69) is 38.3 Å². The summed E-state index contributed by atoms with van der Waals surface area (Å²) in [4.78, 5) is 10.6. The molecule has 0 aliphatic heterocycles. The summed E-state index contributed by atoms with van der Waals surface area (Å²) in [5.74, 6) is 0.688. The molecule has 2 N–H and O–H groups in total. The Balaban J connectivity index is 0.000000387. The first-order chi connectivity index (χ1) is 13.1. The van der Waals surface area contributed by atoms with E-state index in [-0.39, 0.29) is 0 Å². The van der Waals surface area contributed by atoms with Crippen LogP contribution in [0.25, 0.3) is 0 Å². The van der Waals surface area contributed by atoms with Crippen LogP contribution in [0.2, 0.25) is 0 Å². The second-order valence-corrected chi connectivity index (χ2v) is 6.68. The summed E-state index contributed by atoms with van der Waals surface area (Å²) in [5, 5.41) is 6.03. The molecular formula is C23H34N2O2. The fourth-order valence-electron chi connectivity index (χ4n) is 2.40. The van der Waals surface area contributed by atoms with Gasteiger partial charge in [-0.3, -0.25) is 4.79 Å². The molecule has 2 rings (SSSR count). The largest absolute Gasteiger partial charge is 0.487 e. The van der Waals surface area contributed by atoms with Gasteiger partial charge in [-0.2, -0.15) is 0 Å². The third kappa shape index (κ3) is 9.80. The van der Waals surface area contributed by atoms with Crippen molar-refractivity contribution in [2.75, 3.05) is 11.9 Å². The van der Waals surface area contributed by atoms with Crippen LogP contribution in [0.3, 0.4) is 0 Å². The van der Waals surface area contributed by atoms with Crippen molar-refractivity contribution in [3.63, 3.8) is 0 Å². The number of hydrogen-bond donors (Lipinski definition) is 2. The maximum atomic E-state index is 10.6. The molecule has 0 unspecified atom stereocenters. The summed E-state index contributed by atoms with van der Waals surface area (Å²) in [6, 6.07) is 16.4. The van der Waals surface area contributed by atoms with Crippen LogP contribution in [0, 0.1) is 0 Å². The molecule has 0 saturated heterocycles. The second kappa shape index (κ2) is 13.8. The summed E-state index contributed by atoms with van der Waals surface area (Å²) in [7, 11) is 0. The standard InChI is InChI=1S/C16H17NO2.C7H17N/c1-2-13-8-9-16(15(10-13)17-12-18)19-11-14-6-4-3-5-7-14;1-4-5-6-8-7(2)3/h3-10,12H,2,11H2,1H3,(H,17,18);7-8H,4-6H2,1-3H3. The van der Waals surface area contributed by atoms with Crippen molar-refractivity contribution in [1.82, 2.24) is 5.32 Å². The Labute approximate surface area is 164 Å². The van der Waals surface area contributed by atoms with E-state index in [1.165, 1.54) is 19.4 Å². The lowest BCUT2D eigenvalue weighted by molar-refractivity contribution is -0.105. The van der Waals surface area contributed by atoms with E-state index in [0.29, 0.717) is 30.5 Å². The Morgan fingerprint density at radius 1 is 1.04 bits per heavy atom. The third-order valence-corrected chi connectivity index (χ3v) is 3.99. The smallest absolute Gasteiger partial charge is 0.211 e. The monoisotopic (exact) mass is 370 g/mol. The van der Waals surface area contributed by atoms with Crippen molar-refractivity contribution < 1.29 is 9.53 Å². The quantitative estimate of drug-likeness (QED) is 0.447. The first-order valence-electron chi connectivity index (χ1n) is 9.83. The Kier molecular flexibility index (Phi) is 11.6. The first-order valence-corrected chi connectivity index (χ1v) is 9.83. The highest BCUT2D eigenvalue weighted by molar-refractivity contribution is 5.75. The number of amides is 1. The molecule has 4 nitrogen and oxygen atoms in total. The predicted molar refractivity (Wildman–Crippen MR) is 114 cm³/mol. The molecule has 0 bridgehead atoms. The number of hydrogen-bond acceptors (Lipinski definition) is 3. The van der Waals surface area contributed by atoms with Gasteiger partial charge in [0, 0.05) is 6.04 Å². The van der Waals surface area contributed by atoms with E-state index >= 15 is 0 Å². The van der Waals surface area contributed by atoms with Crippen LogP contribution in [0.1, 0.15) is 51.7 Å². The lowest BCUT2D eigenvalue weighted by Crippen LogP contribution is -2.23. The average Bonchev–Trinajstić information content (AvgIpc) is 2.68. The van der Waals surface area contributed by atoms with Crippen LogP contribution < -0.4 is 15.4 Å². The lowest BCUT2D eigenvalue weighted by atomic mass is 10.1. The molecule has 0 saturated carbocycles. The topological polar surface area (TPSA) is 50.4 Å². The number of carbonyl (C=O) groups is 1. The van der Waals surface area contributed by atoms with Gasteiger partial charge in [-0.1, -0.05) is 70.5 Å². The number of aryl methyl sites for hydroxylation is 1. The molecule has 0 spiro atoms. The van der Waals surface area contributed by atoms with Gasteiger partial charge in [-0.15, -0.1) is 0 Å². The van der Waals surface area contributed by atoms with Crippen molar-refractivity contribution in [3.05, 3.63) is 59.7 Å². The van der Waals surface area contributed by atoms with Gasteiger partial charge < -0.3 is 15.4 Å². The second-order valence-electron chi connectivity index (χ2n) is 6.68. The van der Waals surface area contributed by atoms with Crippen LogP contribution >= 0.6 is 0 Å². The Morgan fingerprint density at radius 2 is 1.78 bits per heavy atom. The summed E-state index contributed by atoms with van der Waals surface area (Å²) in [6.45, 7) is 10.3. The third-order valence-electron chi connectivity index (χ3n) is 3.99. The molecule has 27 heavy (non-hydrogen) atoms. The molecule has 0 fully saturated rings. The average molecular weight is 371 g/mol. The number of benzene rings is 2. The van der Waals surface area contributed by atoms with E-state index < -0.39 is 0 Å². The normalized spacial score (nSPS) is 10.1. The van der Waals surface area contributed by atoms with E-state index in [1.807, 2.05) is 48.5 Å². The minimum Gasteiger partial charge on any atom is -0.487 e. The summed E-state index contributed by atoms with van der Waals surface area (Å²) in [5.41, 5.74) is 2.97. The molecule has 0 aliphatic rings. The number of rotatable bonds is 10. The zero-order valence-electron chi connectivity index (χ0n) is 17.1. The zero-order valence-corrected chi connectivity index (χ0v) is 17.1. The highest BCUT2D eigenvalue weighted by atomic mass is 16.5.